The second-order valence-corrected chi connectivity index (χ2v) is 6.07. The molecule has 0 aliphatic rings. The number of halogens is 3. The van der Waals surface area contributed by atoms with Crippen LogP contribution in [0.15, 0.2) is 48.8 Å². The van der Waals surface area contributed by atoms with Crippen LogP contribution < -0.4 is 5.32 Å². The zero-order valence-corrected chi connectivity index (χ0v) is 14.3. The third kappa shape index (κ3) is 3.92. The number of alkyl halides is 3. The van der Waals surface area contributed by atoms with Crippen molar-refractivity contribution in [2.75, 3.05) is 0 Å². The summed E-state index contributed by atoms with van der Waals surface area (Å²) < 4.78 is 39.5. The zero-order valence-electron chi connectivity index (χ0n) is 14.3. The molecule has 0 unspecified atom stereocenters. The SMILES string of the molecule is C[C@H](NC(=O)Cn1cnc2cccc(C#N)c21)c1ccc(C(F)(F)F)cc1. The van der Waals surface area contributed by atoms with E-state index in [1.807, 2.05) is 0 Å². The standard InChI is InChI=1S/C19H15F3N4O/c1-12(13-5-7-15(8-6-13)19(20,21)22)25-17(27)10-26-11-24-16-4-2-3-14(9-23)18(16)26/h2-8,11-12H,10H2,1H3,(H,25,27)/t12-/m0/s1. The Bertz CT molecular complexity index is 1020. The molecule has 1 atom stereocenters. The lowest BCUT2D eigenvalue weighted by Gasteiger charge is -2.16. The fourth-order valence-corrected chi connectivity index (χ4v) is 2.82. The van der Waals surface area contributed by atoms with Crippen LogP contribution in [0.2, 0.25) is 0 Å². The van der Waals surface area contributed by atoms with Gasteiger partial charge in [0.2, 0.25) is 5.91 Å². The fourth-order valence-electron chi connectivity index (χ4n) is 2.82. The van der Waals surface area contributed by atoms with Crippen LogP contribution in [-0.4, -0.2) is 15.5 Å². The molecule has 1 amide bonds. The van der Waals surface area contributed by atoms with E-state index in [0.717, 1.165) is 12.1 Å². The van der Waals surface area contributed by atoms with Gasteiger partial charge in [-0.15, -0.1) is 0 Å². The van der Waals surface area contributed by atoms with E-state index in [0.29, 0.717) is 22.2 Å². The number of para-hydroxylation sites is 1. The first-order valence-corrected chi connectivity index (χ1v) is 8.10. The number of fused-ring (bicyclic) bond motifs is 1. The van der Waals surface area contributed by atoms with E-state index in [1.165, 1.54) is 18.5 Å². The van der Waals surface area contributed by atoms with Crippen molar-refractivity contribution in [2.24, 2.45) is 0 Å². The van der Waals surface area contributed by atoms with E-state index in [1.54, 1.807) is 29.7 Å². The quantitative estimate of drug-likeness (QED) is 0.757. The summed E-state index contributed by atoms with van der Waals surface area (Å²) in [5.74, 6) is -0.338. The van der Waals surface area contributed by atoms with Crippen LogP contribution in [0.4, 0.5) is 13.2 Å². The van der Waals surface area contributed by atoms with E-state index in [-0.39, 0.29) is 12.5 Å². The largest absolute Gasteiger partial charge is 0.416 e. The first kappa shape index (κ1) is 18.5. The Morgan fingerprint density at radius 1 is 1.26 bits per heavy atom. The van der Waals surface area contributed by atoms with Crippen molar-refractivity contribution in [3.63, 3.8) is 0 Å². The predicted molar refractivity (Wildman–Crippen MR) is 92.4 cm³/mol. The Hall–Kier alpha value is -3.34. The van der Waals surface area contributed by atoms with Gasteiger partial charge in [0.25, 0.3) is 0 Å². The summed E-state index contributed by atoms with van der Waals surface area (Å²) in [6.07, 6.45) is -2.92. The molecular formula is C19H15F3N4O. The number of nitrogens with one attached hydrogen (secondary N) is 1. The van der Waals surface area contributed by atoms with Crippen molar-refractivity contribution in [1.29, 1.82) is 5.26 Å². The molecule has 0 saturated carbocycles. The maximum Gasteiger partial charge on any atom is 0.416 e. The van der Waals surface area contributed by atoms with E-state index in [4.69, 9.17) is 0 Å². The summed E-state index contributed by atoms with van der Waals surface area (Å²) in [6, 6.07) is 11.4. The molecule has 0 aliphatic heterocycles. The summed E-state index contributed by atoms with van der Waals surface area (Å²) >= 11 is 0. The van der Waals surface area contributed by atoms with Crippen molar-refractivity contribution < 1.29 is 18.0 Å². The van der Waals surface area contributed by atoms with Crippen LogP contribution >= 0.6 is 0 Å². The Labute approximate surface area is 153 Å². The zero-order chi connectivity index (χ0) is 19.6. The second kappa shape index (κ2) is 7.11. The van der Waals surface area contributed by atoms with Gasteiger partial charge < -0.3 is 9.88 Å². The molecule has 5 nitrogen and oxygen atoms in total. The molecule has 1 aromatic heterocycles. The van der Waals surface area contributed by atoms with E-state index in [9.17, 15) is 23.2 Å². The van der Waals surface area contributed by atoms with Gasteiger partial charge in [-0.05, 0) is 36.8 Å². The summed E-state index contributed by atoms with van der Waals surface area (Å²) in [7, 11) is 0. The maximum atomic E-state index is 12.6. The van der Waals surface area contributed by atoms with Crippen LogP contribution in [0.1, 0.15) is 29.7 Å². The van der Waals surface area contributed by atoms with Crippen LogP contribution in [-0.2, 0) is 17.5 Å². The molecular weight excluding hydrogens is 357 g/mol. The monoisotopic (exact) mass is 372 g/mol. The maximum absolute atomic E-state index is 12.6. The minimum absolute atomic E-state index is 0.0554. The number of nitriles is 1. The highest BCUT2D eigenvalue weighted by atomic mass is 19.4. The number of rotatable bonds is 4. The number of carbonyl (C=O) groups is 1. The lowest BCUT2D eigenvalue weighted by molar-refractivity contribution is -0.137. The average Bonchev–Trinajstić information content (AvgIpc) is 3.04. The minimum Gasteiger partial charge on any atom is -0.348 e. The molecule has 0 radical (unpaired) electrons. The van der Waals surface area contributed by atoms with Gasteiger partial charge in [0, 0.05) is 0 Å². The average molecular weight is 372 g/mol. The highest BCUT2D eigenvalue weighted by Crippen LogP contribution is 2.29. The number of carbonyl (C=O) groups excluding carboxylic acids is 1. The Kier molecular flexibility index (Phi) is 4.86. The highest BCUT2D eigenvalue weighted by Gasteiger charge is 2.30. The van der Waals surface area contributed by atoms with Crippen LogP contribution in [0.5, 0.6) is 0 Å². The molecule has 0 bridgehead atoms. The summed E-state index contributed by atoms with van der Waals surface area (Å²) in [6.45, 7) is 1.63. The topological polar surface area (TPSA) is 70.7 Å². The Balaban J connectivity index is 1.72. The molecule has 0 aliphatic carbocycles. The van der Waals surface area contributed by atoms with Gasteiger partial charge in [-0.1, -0.05) is 18.2 Å². The number of amides is 1. The molecule has 3 rings (SSSR count). The van der Waals surface area contributed by atoms with Gasteiger partial charge in [0.15, 0.2) is 0 Å². The molecule has 27 heavy (non-hydrogen) atoms. The minimum atomic E-state index is -4.40. The number of nitrogens with zero attached hydrogens (tertiary/aromatic N) is 3. The van der Waals surface area contributed by atoms with Gasteiger partial charge in [-0.2, -0.15) is 18.4 Å². The van der Waals surface area contributed by atoms with E-state index < -0.39 is 17.8 Å². The molecule has 1 heterocycles. The third-order valence-corrected chi connectivity index (χ3v) is 4.19. The number of hydrogen-bond acceptors (Lipinski definition) is 3. The number of aromatic nitrogens is 2. The lowest BCUT2D eigenvalue weighted by Crippen LogP contribution is -2.30. The van der Waals surface area contributed by atoms with Crippen LogP contribution in [0, 0.1) is 11.3 Å². The van der Waals surface area contributed by atoms with Crippen molar-refractivity contribution in [2.45, 2.75) is 25.7 Å². The van der Waals surface area contributed by atoms with Gasteiger partial charge in [-0.3, -0.25) is 4.79 Å². The molecule has 2 aromatic carbocycles. The Morgan fingerprint density at radius 3 is 2.59 bits per heavy atom. The molecule has 138 valence electrons. The number of hydrogen-bond donors (Lipinski definition) is 1. The molecule has 1 N–H and O–H groups in total. The first-order valence-electron chi connectivity index (χ1n) is 8.10. The number of benzene rings is 2. The van der Waals surface area contributed by atoms with Gasteiger partial charge >= 0.3 is 6.18 Å². The molecule has 0 spiro atoms. The molecule has 3 aromatic rings. The van der Waals surface area contributed by atoms with Crippen LogP contribution in [0.3, 0.4) is 0 Å². The van der Waals surface area contributed by atoms with Gasteiger partial charge in [0.1, 0.15) is 12.6 Å². The van der Waals surface area contributed by atoms with Gasteiger partial charge in [0.05, 0.1) is 34.5 Å². The van der Waals surface area contributed by atoms with Crippen molar-refractivity contribution >= 4 is 16.9 Å². The number of imidazole rings is 1. The Morgan fingerprint density at radius 2 is 1.96 bits per heavy atom. The summed E-state index contributed by atoms with van der Waals surface area (Å²) in [4.78, 5) is 16.5. The molecule has 8 heteroatoms. The van der Waals surface area contributed by atoms with E-state index >= 15 is 0 Å². The predicted octanol–water partition coefficient (Wildman–Crippen LogP) is 3.80. The van der Waals surface area contributed by atoms with Crippen molar-refractivity contribution in [1.82, 2.24) is 14.9 Å². The first-order chi connectivity index (χ1) is 12.8. The smallest absolute Gasteiger partial charge is 0.348 e. The van der Waals surface area contributed by atoms with Gasteiger partial charge in [-0.25, -0.2) is 4.98 Å². The fraction of sp³-hybridized carbons (Fsp3) is 0.211. The third-order valence-electron chi connectivity index (χ3n) is 4.19. The summed E-state index contributed by atoms with van der Waals surface area (Å²) in [5, 5.41) is 12.0. The van der Waals surface area contributed by atoms with E-state index in [2.05, 4.69) is 16.4 Å². The second-order valence-electron chi connectivity index (χ2n) is 6.07. The van der Waals surface area contributed by atoms with Crippen molar-refractivity contribution in [3.05, 3.63) is 65.5 Å². The highest BCUT2D eigenvalue weighted by molar-refractivity contribution is 5.84. The van der Waals surface area contributed by atoms with Crippen LogP contribution in [0.25, 0.3) is 11.0 Å². The summed E-state index contributed by atoms with van der Waals surface area (Å²) in [5.41, 5.74) is 1.41. The normalized spacial score (nSPS) is 12.6. The lowest BCUT2D eigenvalue weighted by atomic mass is 10.1. The molecule has 0 saturated heterocycles. The van der Waals surface area contributed by atoms with Crippen molar-refractivity contribution in [3.8, 4) is 6.07 Å². The molecule has 0 fully saturated rings.